The van der Waals surface area contributed by atoms with Crippen molar-refractivity contribution >= 4 is 5.91 Å². The molecule has 2 aliphatic heterocycles. The second kappa shape index (κ2) is 5.82. The number of fused-ring (bicyclic) bond motifs is 2. The molecule has 4 heteroatoms. The number of carbonyl (C=O) groups excluding carboxylic acids is 1. The normalized spacial score (nSPS) is 28.3. The topological polar surface area (TPSA) is 41.6 Å². The Balaban J connectivity index is 1.51. The van der Waals surface area contributed by atoms with Gasteiger partial charge >= 0.3 is 0 Å². The molecule has 3 fully saturated rings. The predicted molar refractivity (Wildman–Crippen MR) is 89.4 cm³/mol. The third-order valence-corrected chi connectivity index (χ3v) is 5.95. The molecule has 0 unspecified atom stereocenters. The first-order chi connectivity index (χ1) is 11.2. The lowest BCUT2D eigenvalue weighted by molar-refractivity contribution is -0.147. The summed E-state index contributed by atoms with van der Waals surface area (Å²) in [5.41, 5.74) is 0.947. The van der Waals surface area contributed by atoms with E-state index >= 15 is 0 Å². The van der Waals surface area contributed by atoms with Crippen molar-refractivity contribution in [3.63, 3.8) is 0 Å². The van der Waals surface area contributed by atoms with Crippen LogP contribution in [-0.4, -0.2) is 44.1 Å². The van der Waals surface area contributed by atoms with E-state index in [2.05, 4.69) is 22.3 Å². The Labute approximate surface area is 138 Å². The van der Waals surface area contributed by atoms with Gasteiger partial charge in [0, 0.05) is 26.2 Å². The van der Waals surface area contributed by atoms with Gasteiger partial charge < -0.3 is 15.0 Å². The van der Waals surface area contributed by atoms with E-state index < -0.39 is 0 Å². The van der Waals surface area contributed by atoms with E-state index in [0.717, 1.165) is 50.2 Å². The minimum atomic E-state index is -0.247. The van der Waals surface area contributed by atoms with Crippen molar-refractivity contribution in [2.24, 2.45) is 17.3 Å². The Morgan fingerprint density at radius 1 is 1.30 bits per heavy atom. The summed E-state index contributed by atoms with van der Waals surface area (Å²) in [6.45, 7) is 3.56. The molecule has 2 bridgehead atoms. The SMILES string of the molecule is COc1cccc(CC2(C(=O)N3C[C@@H]4CC[C@@H](C4)C3)CNC2)c1. The molecule has 23 heavy (non-hydrogen) atoms. The second-order valence-electron chi connectivity index (χ2n) is 7.67. The number of rotatable bonds is 4. The van der Waals surface area contributed by atoms with Gasteiger partial charge in [-0.15, -0.1) is 0 Å². The van der Waals surface area contributed by atoms with Crippen LogP contribution >= 0.6 is 0 Å². The van der Waals surface area contributed by atoms with Crippen molar-refractivity contribution in [3.05, 3.63) is 29.8 Å². The second-order valence-corrected chi connectivity index (χ2v) is 7.67. The monoisotopic (exact) mass is 314 g/mol. The molecule has 2 saturated heterocycles. The average Bonchev–Trinajstić information content (AvgIpc) is 2.88. The highest BCUT2D eigenvalue weighted by Crippen LogP contribution is 2.39. The van der Waals surface area contributed by atoms with Crippen LogP contribution in [0.1, 0.15) is 24.8 Å². The summed E-state index contributed by atoms with van der Waals surface area (Å²) in [5, 5.41) is 3.33. The van der Waals surface area contributed by atoms with Gasteiger partial charge in [-0.05, 0) is 55.2 Å². The summed E-state index contributed by atoms with van der Waals surface area (Å²) in [5.74, 6) is 2.74. The molecule has 2 atom stereocenters. The Hall–Kier alpha value is -1.55. The van der Waals surface area contributed by atoms with Crippen molar-refractivity contribution in [1.29, 1.82) is 0 Å². The number of carbonyl (C=O) groups is 1. The van der Waals surface area contributed by atoms with Gasteiger partial charge in [0.1, 0.15) is 5.75 Å². The van der Waals surface area contributed by atoms with Gasteiger partial charge in [0.25, 0.3) is 0 Å². The minimum absolute atomic E-state index is 0.247. The molecule has 0 spiro atoms. The van der Waals surface area contributed by atoms with Crippen LogP contribution in [0.15, 0.2) is 24.3 Å². The zero-order valence-electron chi connectivity index (χ0n) is 13.9. The largest absolute Gasteiger partial charge is 0.497 e. The Morgan fingerprint density at radius 3 is 2.65 bits per heavy atom. The number of nitrogens with zero attached hydrogens (tertiary/aromatic N) is 1. The summed E-state index contributed by atoms with van der Waals surface area (Å²) >= 11 is 0. The number of benzene rings is 1. The fraction of sp³-hybridized carbons (Fsp3) is 0.632. The van der Waals surface area contributed by atoms with E-state index in [1.54, 1.807) is 7.11 Å². The van der Waals surface area contributed by atoms with Crippen LogP contribution in [-0.2, 0) is 11.2 Å². The van der Waals surface area contributed by atoms with Gasteiger partial charge in [-0.3, -0.25) is 4.79 Å². The van der Waals surface area contributed by atoms with E-state index in [4.69, 9.17) is 4.74 Å². The maximum absolute atomic E-state index is 13.2. The number of ether oxygens (including phenoxy) is 1. The lowest BCUT2D eigenvalue weighted by atomic mass is 9.74. The zero-order chi connectivity index (χ0) is 15.9. The first-order valence-electron chi connectivity index (χ1n) is 8.81. The maximum Gasteiger partial charge on any atom is 0.231 e. The molecule has 1 aromatic rings. The molecule has 2 heterocycles. The number of piperidine rings is 1. The lowest BCUT2D eigenvalue weighted by Crippen LogP contribution is -2.64. The molecule has 1 aliphatic carbocycles. The van der Waals surface area contributed by atoms with Gasteiger partial charge in [-0.1, -0.05) is 12.1 Å². The summed E-state index contributed by atoms with van der Waals surface area (Å²) in [4.78, 5) is 15.4. The van der Waals surface area contributed by atoms with Crippen LogP contribution in [0.4, 0.5) is 0 Å². The molecule has 0 radical (unpaired) electrons. The lowest BCUT2D eigenvalue weighted by Gasteiger charge is -2.46. The molecule has 1 amide bonds. The molecular formula is C19H26N2O2. The van der Waals surface area contributed by atoms with E-state index in [1.165, 1.54) is 24.8 Å². The molecule has 1 aromatic carbocycles. The Bertz CT molecular complexity index is 585. The van der Waals surface area contributed by atoms with Gasteiger partial charge in [-0.2, -0.15) is 0 Å². The van der Waals surface area contributed by atoms with Crippen LogP contribution in [0.5, 0.6) is 5.75 Å². The van der Waals surface area contributed by atoms with Crippen LogP contribution < -0.4 is 10.1 Å². The predicted octanol–water partition coefficient (Wildman–Crippen LogP) is 2.09. The number of hydrogen-bond donors (Lipinski definition) is 1. The van der Waals surface area contributed by atoms with E-state index in [1.807, 2.05) is 12.1 Å². The molecule has 1 saturated carbocycles. The first-order valence-corrected chi connectivity index (χ1v) is 8.81. The number of methoxy groups -OCH3 is 1. The minimum Gasteiger partial charge on any atom is -0.497 e. The number of nitrogens with one attached hydrogen (secondary N) is 1. The van der Waals surface area contributed by atoms with Crippen molar-refractivity contribution in [3.8, 4) is 5.75 Å². The molecule has 124 valence electrons. The number of likely N-dealkylation sites (tertiary alicyclic amines) is 1. The van der Waals surface area contributed by atoms with Gasteiger partial charge in [0.15, 0.2) is 0 Å². The maximum atomic E-state index is 13.2. The molecule has 4 rings (SSSR count). The van der Waals surface area contributed by atoms with Gasteiger partial charge in [0.05, 0.1) is 12.5 Å². The van der Waals surface area contributed by atoms with Crippen molar-refractivity contribution in [2.45, 2.75) is 25.7 Å². The quantitative estimate of drug-likeness (QED) is 0.925. The molecule has 1 N–H and O–H groups in total. The van der Waals surface area contributed by atoms with Crippen LogP contribution in [0.3, 0.4) is 0 Å². The fourth-order valence-electron chi connectivity index (χ4n) is 4.66. The number of amides is 1. The average molecular weight is 314 g/mol. The van der Waals surface area contributed by atoms with Crippen molar-refractivity contribution in [2.75, 3.05) is 33.3 Å². The van der Waals surface area contributed by atoms with Crippen molar-refractivity contribution in [1.82, 2.24) is 10.2 Å². The number of hydrogen-bond acceptors (Lipinski definition) is 3. The van der Waals surface area contributed by atoms with Crippen LogP contribution in [0.2, 0.25) is 0 Å². The van der Waals surface area contributed by atoms with E-state index in [-0.39, 0.29) is 5.41 Å². The summed E-state index contributed by atoms with van der Waals surface area (Å²) in [6, 6.07) is 8.14. The highest BCUT2D eigenvalue weighted by atomic mass is 16.5. The zero-order valence-corrected chi connectivity index (χ0v) is 13.9. The van der Waals surface area contributed by atoms with E-state index in [0.29, 0.717) is 5.91 Å². The summed E-state index contributed by atoms with van der Waals surface area (Å²) < 4.78 is 5.32. The molecular weight excluding hydrogens is 288 g/mol. The van der Waals surface area contributed by atoms with Gasteiger partial charge in [0.2, 0.25) is 5.91 Å². The van der Waals surface area contributed by atoms with Crippen molar-refractivity contribution < 1.29 is 9.53 Å². The molecule has 0 aromatic heterocycles. The highest BCUT2D eigenvalue weighted by molar-refractivity contribution is 5.85. The third kappa shape index (κ3) is 2.74. The smallest absolute Gasteiger partial charge is 0.231 e. The van der Waals surface area contributed by atoms with E-state index in [9.17, 15) is 4.79 Å². The standard InChI is InChI=1S/C19H26N2O2/c1-23-17-4-2-3-14(8-17)9-19(12-20-13-19)18(22)21-10-15-5-6-16(7-15)11-21/h2-4,8,15-16,20H,5-7,9-13H2,1H3/t15-,16+. The molecule has 4 nitrogen and oxygen atoms in total. The highest BCUT2D eigenvalue weighted by Gasteiger charge is 2.48. The Morgan fingerprint density at radius 2 is 2.04 bits per heavy atom. The molecule has 3 aliphatic rings. The fourth-order valence-corrected chi connectivity index (χ4v) is 4.66. The van der Waals surface area contributed by atoms with Crippen LogP contribution in [0, 0.1) is 17.3 Å². The summed E-state index contributed by atoms with van der Waals surface area (Å²) in [6.07, 6.45) is 4.78. The Kier molecular flexibility index (Phi) is 3.80. The van der Waals surface area contributed by atoms with Crippen LogP contribution in [0.25, 0.3) is 0 Å². The first kappa shape index (κ1) is 15.0. The summed E-state index contributed by atoms with van der Waals surface area (Å²) in [7, 11) is 1.69. The van der Waals surface area contributed by atoms with Gasteiger partial charge in [-0.25, -0.2) is 0 Å². The third-order valence-electron chi connectivity index (χ3n) is 5.95.